The summed E-state index contributed by atoms with van der Waals surface area (Å²) in [6, 6.07) is 17.1. The Morgan fingerprint density at radius 3 is 2.31 bits per heavy atom. The van der Waals surface area contributed by atoms with Gasteiger partial charge in [0.2, 0.25) is 11.8 Å². The Labute approximate surface area is 246 Å². The van der Waals surface area contributed by atoms with E-state index in [1.54, 1.807) is 46.4 Å². The summed E-state index contributed by atoms with van der Waals surface area (Å²) >= 11 is 1.53. The molecule has 0 aliphatic carbocycles. The van der Waals surface area contributed by atoms with Crippen LogP contribution in [0.25, 0.3) is 10.9 Å². The summed E-state index contributed by atoms with van der Waals surface area (Å²) < 4.78 is 24.3. The van der Waals surface area contributed by atoms with E-state index in [0.29, 0.717) is 17.2 Å². The number of aromatic nitrogens is 1. The summed E-state index contributed by atoms with van der Waals surface area (Å²) in [7, 11) is 3.16. The van der Waals surface area contributed by atoms with Crippen LogP contribution < -0.4 is 19.7 Å². The number of ether oxygens (including phenoxy) is 2. The highest BCUT2D eigenvalue weighted by Crippen LogP contribution is 2.38. The first-order valence-corrected chi connectivity index (χ1v) is 14.0. The van der Waals surface area contributed by atoms with E-state index in [2.05, 4.69) is 10.3 Å². The van der Waals surface area contributed by atoms with Crippen molar-refractivity contribution in [1.29, 1.82) is 0 Å². The van der Waals surface area contributed by atoms with Crippen molar-refractivity contribution in [2.45, 2.75) is 29.7 Å². The Morgan fingerprint density at radius 2 is 1.67 bits per heavy atom. The fraction of sp³-hybridized carbons (Fsp3) is 0.226. The number of pyridine rings is 1. The zero-order chi connectivity index (χ0) is 30.0. The van der Waals surface area contributed by atoms with E-state index in [9.17, 15) is 18.8 Å². The molecular formula is C31H29FN4O5S. The summed E-state index contributed by atoms with van der Waals surface area (Å²) in [6.07, 6.45) is 1.73. The van der Waals surface area contributed by atoms with Gasteiger partial charge in [-0.25, -0.2) is 14.1 Å². The molecule has 1 aliphatic rings. The predicted molar refractivity (Wildman–Crippen MR) is 159 cm³/mol. The SMILES string of the molecule is COc1cc2nccc(Sc3ccc(NC(=O)C4CN(C(C)C)C(=O)N(c5ccc(F)cc5)C4=O)cc3)c2cc1OC. The molecule has 1 fully saturated rings. The van der Waals surface area contributed by atoms with Gasteiger partial charge < -0.3 is 19.7 Å². The van der Waals surface area contributed by atoms with Gasteiger partial charge in [0.25, 0.3) is 0 Å². The number of fused-ring (bicyclic) bond motifs is 1. The van der Waals surface area contributed by atoms with Crippen molar-refractivity contribution in [1.82, 2.24) is 9.88 Å². The second-order valence-electron chi connectivity index (χ2n) is 9.88. The minimum atomic E-state index is -1.14. The third-order valence-electron chi connectivity index (χ3n) is 6.92. The number of benzene rings is 3. The summed E-state index contributed by atoms with van der Waals surface area (Å²) in [5, 5.41) is 3.72. The normalized spacial score (nSPS) is 15.3. The number of carbonyl (C=O) groups excluding carboxylic acids is 3. The maximum absolute atomic E-state index is 13.5. The molecule has 1 saturated heterocycles. The molecule has 11 heteroatoms. The maximum Gasteiger partial charge on any atom is 0.331 e. The van der Waals surface area contributed by atoms with E-state index in [4.69, 9.17) is 9.47 Å². The van der Waals surface area contributed by atoms with Crippen molar-refractivity contribution >= 4 is 51.9 Å². The monoisotopic (exact) mass is 588 g/mol. The highest BCUT2D eigenvalue weighted by molar-refractivity contribution is 7.99. The van der Waals surface area contributed by atoms with Crippen molar-refractivity contribution < 1.29 is 28.2 Å². The third-order valence-corrected chi connectivity index (χ3v) is 8.00. The minimum Gasteiger partial charge on any atom is -0.493 e. The van der Waals surface area contributed by atoms with E-state index < -0.39 is 29.6 Å². The Hall–Kier alpha value is -4.64. The molecule has 2 heterocycles. The van der Waals surface area contributed by atoms with Gasteiger partial charge in [-0.1, -0.05) is 11.8 Å². The number of amides is 4. The van der Waals surface area contributed by atoms with Gasteiger partial charge in [0.1, 0.15) is 11.7 Å². The molecule has 1 atom stereocenters. The molecule has 3 aromatic carbocycles. The van der Waals surface area contributed by atoms with E-state index >= 15 is 0 Å². The van der Waals surface area contributed by atoms with Crippen LogP contribution in [-0.2, 0) is 9.59 Å². The lowest BCUT2D eigenvalue weighted by atomic mass is 10.0. The van der Waals surface area contributed by atoms with E-state index in [1.165, 1.54) is 40.9 Å². The van der Waals surface area contributed by atoms with E-state index in [0.717, 1.165) is 25.6 Å². The first kappa shape index (κ1) is 28.9. The standard InChI is InChI=1S/C31H29FN4O5S/c1-18(2)35-17-24(30(38)36(31(35)39)21-9-5-19(32)6-10-21)29(37)34-20-7-11-22(12-8-20)42-28-13-14-33-25-16-27(41-4)26(40-3)15-23(25)28/h5-16,18,24H,17H2,1-4H3,(H,34,37). The van der Waals surface area contributed by atoms with Crippen molar-refractivity contribution in [3.63, 3.8) is 0 Å². The van der Waals surface area contributed by atoms with Crippen LogP contribution in [0.4, 0.5) is 20.6 Å². The Bertz CT molecular complexity index is 1650. The Kier molecular flexibility index (Phi) is 8.30. The molecular weight excluding hydrogens is 559 g/mol. The van der Waals surface area contributed by atoms with Crippen molar-refractivity contribution in [2.24, 2.45) is 5.92 Å². The zero-order valence-electron chi connectivity index (χ0n) is 23.5. The number of hydrogen-bond donors (Lipinski definition) is 1. The minimum absolute atomic E-state index is 0.0594. The second kappa shape index (κ2) is 12.1. The van der Waals surface area contributed by atoms with Crippen LogP contribution in [0, 0.1) is 11.7 Å². The molecule has 42 heavy (non-hydrogen) atoms. The second-order valence-corrected chi connectivity index (χ2v) is 11.0. The lowest BCUT2D eigenvalue weighted by molar-refractivity contribution is -0.132. The number of halogens is 1. The number of nitrogens with one attached hydrogen (secondary N) is 1. The van der Waals surface area contributed by atoms with Crippen LogP contribution in [0.15, 0.2) is 82.7 Å². The summed E-state index contributed by atoms with van der Waals surface area (Å²) in [5.41, 5.74) is 1.47. The van der Waals surface area contributed by atoms with Crippen molar-refractivity contribution in [3.8, 4) is 11.5 Å². The number of hydrogen-bond acceptors (Lipinski definition) is 7. The Morgan fingerprint density at radius 1 is 1.00 bits per heavy atom. The molecule has 1 unspecified atom stereocenters. The van der Waals surface area contributed by atoms with E-state index in [-0.39, 0.29) is 18.3 Å². The van der Waals surface area contributed by atoms with Crippen molar-refractivity contribution in [2.75, 3.05) is 31.0 Å². The number of nitrogens with zero attached hydrogens (tertiary/aromatic N) is 3. The fourth-order valence-corrected chi connectivity index (χ4v) is 5.61. The zero-order valence-corrected chi connectivity index (χ0v) is 24.3. The number of carbonyl (C=O) groups is 3. The average Bonchev–Trinajstić information content (AvgIpc) is 2.98. The molecule has 0 saturated carbocycles. The van der Waals surface area contributed by atoms with Crippen LogP contribution in [0.5, 0.6) is 11.5 Å². The van der Waals surface area contributed by atoms with Crippen molar-refractivity contribution in [3.05, 3.63) is 78.7 Å². The molecule has 4 aromatic rings. The largest absolute Gasteiger partial charge is 0.493 e. The molecule has 0 spiro atoms. The van der Waals surface area contributed by atoms with Crippen LogP contribution in [0.3, 0.4) is 0 Å². The quantitative estimate of drug-likeness (QED) is 0.253. The first-order valence-electron chi connectivity index (χ1n) is 13.2. The third kappa shape index (κ3) is 5.73. The van der Waals surface area contributed by atoms with Gasteiger partial charge in [-0.15, -0.1) is 0 Å². The van der Waals surface area contributed by atoms with Gasteiger partial charge in [0.15, 0.2) is 11.5 Å². The fourth-order valence-electron chi connectivity index (χ4n) is 4.69. The molecule has 1 aliphatic heterocycles. The van der Waals surface area contributed by atoms with Crippen LogP contribution in [0.2, 0.25) is 0 Å². The van der Waals surface area contributed by atoms with Gasteiger partial charge in [-0.05, 0) is 74.5 Å². The van der Waals surface area contributed by atoms with Gasteiger partial charge in [0.05, 0.1) is 25.4 Å². The number of imide groups is 1. The molecule has 0 bridgehead atoms. The number of urea groups is 1. The summed E-state index contributed by atoms with van der Waals surface area (Å²) in [4.78, 5) is 48.5. The summed E-state index contributed by atoms with van der Waals surface area (Å²) in [5.74, 6) is -1.64. The van der Waals surface area contributed by atoms with Gasteiger partial charge >= 0.3 is 6.03 Å². The Balaban J connectivity index is 1.33. The van der Waals surface area contributed by atoms with Gasteiger partial charge in [0, 0.05) is 45.7 Å². The maximum atomic E-state index is 13.5. The van der Waals surface area contributed by atoms with Crippen LogP contribution >= 0.6 is 11.8 Å². The first-order chi connectivity index (χ1) is 20.2. The molecule has 5 rings (SSSR count). The van der Waals surface area contributed by atoms with Gasteiger partial charge in [-0.3, -0.25) is 14.6 Å². The molecule has 0 radical (unpaired) electrons. The van der Waals surface area contributed by atoms with Crippen LogP contribution in [0.1, 0.15) is 13.8 Å². The topological polar surface area (TPSA) is 101 Å². The summed E-state index contributed by atoms with van der Waals surface area (Å²) in [6.45, 7) is 3.55. The van der Waals surface area contributed by atoms with Crippen LogP contribution in [-0.4, -0.2) is 54.5 Å². The number of rotatable bonds is 8. The number of methoxy groups -OCH3 is 2. The molecule has 4 amide bonds. The predicted octanol–water partition coefficient (Wildman–Crippen LogP) is 5.97. The molecule has 9 nitrogen and oxygen atoms in total. The average molecular weight is 589 g/mol. The van der Waals surface area contributed by atoms with E-state index in [1.807, 2.05) is 30.3 Å². The highest BCUT2D eigenvalue weighted by Gasteiger charge is 2.44. The molecule has 1 N–H and O–H groups in total. The number of anilines is 2. The van der Waals surface area contributed by atoms with Gasteiger partial charge in [-0.2, -0.15) is 0 Å². The molecule has 1 aromatic heterocycles. The lowest BCUT2D eigenvalue weighted by Gasteiger charge is -2.39. The lowest BCUT2D eigenvalue weighted by Crippen LogP contribution is -2.61. The molecule has 216 valence electrons. The smallest absolute Gasteiger partial charge is 0.331 e. The highest BCUT2D eigenvalue weighted by atomic mass is 32.2.